The van der Waals surface area contributed by atoms with E-state index in [0.717, 1.165) is 49.8 Å². The maximum absolute atomic E-state index is 13.3. The van der Waals surface area contributed by atoms with Crippen LogP contribution in [0.25, 0.3) is 11.3 Å². The Balaban J connectivity index is 1.48. The van der Waals surface area contributed by atoms with Gasteiger partial charge >= 0.3 is 0 Å². The molecule has 1 aliphatic carbocycles. The van der Waals surface area contributed by atoms with E-state index in [4.69, 9.17) is 4.98 Å². The van der Waals surface area contributed by atoms with Gasteiger partial charge < -0.3 is 5.32 Å². The molecule has 1 aromatic heterocycles. The zero-order chi connectivity index (χ0) is 21.5. The fourth-order valence-corrected chi connectivity index (χ4v) is 4.21. The van der Waals surface area contributed by atoms with Crippen LogP contribution in [0.4, 0.5) is 10.2 Å². The lowest BCUT2D eigenvalue weighted by Gasteiger charge is -2.23. The first-order chi connectivity index (χ1) is 15.2. The molecule has 1 fully saturated rings. The first-order valence-corrected chi connectivity index (χ1v) is 11.2. The van der Waals surface area contributed by atoms with Crippen molar-refractivity contribution >= 4 is 11.7 Å². The minimum absolute atomic E-state index is 0.0307. The summed E-state index contributed by atoms with van der Waals surface area (Å²) in [7, 11) is 0. The van der Waals surface area contributed by atoms with Gasteiger partial charge in [-0.15, -0.1) is 0 Å². The van der Waals surface area contributed by atoms with Crippen molar-refractivity contribution in [1.29, 1.82) is 0 Å². The van der Waals surface area contributed by atoms with E-state index in [1.807, 2.05) is 18.2 Å². The number of anilines is 1. The largest absolute Gasteiger partial charge is 0.309 e. The van der Waals surface area contributed by atoms with Gasteiger partial charge in [0.2, 0.25) is 5.91 Å². The Hall–Kier alpha value is -3.08. The summed E-state index contributed by atoms with van der Waals surface area (Å²) in [4.78, 5) is 22.1. The lowest BCUT2D eigenvalue weighted by Crippen LogP contribution is -2.18. The summed E-state index contributed by atoms with van der Waals surface area (Å²) in [5.74, 6) is 0.559. The Morgan fingerprint density at radius 3 is 2.48 bits per heavy atom. The van der Waals surface area contributed by atoms with E-state index in [0.29, 0.717) is 23.9 Å². The van der Waals surface area contributed by atoms with Crippen molar-refractivity contribution in [3.8, 4) is 11.3 Å². The predicted octanol–water partition coefficient (Wildman–Crippen LogP) is 6.29. The average molecular weight is 418 g/mol. The minimum atomic E-state index is -0.274. The van der Waals surface area contributed by atoms with Gasteiger partial charge in [0.25, 0.3) is 0 Å². The third-order valence-corrected chi connectivity index (χ3v) is 5.90. The molecule has 0 aliphatic heterocycles. The molecule has 0 spiro atoms. The predicted molar refractivity (Wildman–Crippen MR) is 121 cm³/mol. The topological polar surface area (TPSA) is 54.9 Å². The number of aromatic nitrogens is 2. The molecule has 0 unspecified atom stereocenters. The number of nitrogens with one attached hydrogen (secondary N) is 1. The number of benzene rings is 2. The number of halogens is 1. The van der Waals surface area contributed by atoms with Crippen LogP contribution < -0.4 is 5.32 Å². The summed E-state index contributed by atoms with van der Waals surface area (Å²) < 4.78 is 13.3. The molecule has 1 aliphatic rings. The Morgan fingerprint density at radius 1 is 1.00 bits per heavy atom. The van der Waals surface area contributed by atoms with Gasteiger partial charge in [-0.1, -0.05) is 49.6 Å². The van der Waals surface area contributed by atoms with Gasteiger partial charge in [0.1, 0.15) is 5.82 Å². The molecule has 1 heterocycles. The molecule has 31 heavy (non-hydrogen) atoms. The van der Waals surface area contributed by atoms with Crippen LogP contribution in [-0.2, 0) is 11.2 Å². The van der Waals surface area contributed by atoms with Crippen LogP contribution >= 0.6 is 0 Å². The van der Waals surface area contributed by atoms with Gasteiger partial charge in [-0.05, 0) is 55.5 Å². The molecule has 0 saturated heterocycles. The highest BCUT2D eigenvalue weighted by Crippen LogP contribution is 2.35. The number of aryl methyl sites for hydroxylation is 1. The second-order valence-corrected chi connectivity index (χ2v) is 8.22. The monoisotopic (exact) mass is 417 g/mol. The summed E-state index contributed by atoms with van der Waals surface area (Å²) in [6, 6.07) is 16.5. The van der Waals surface area contributed by atoms with E-state index in [1.54, 1.807) is 18.3 Å². The van der Waals surface area contributed by atoms with Crippen LogP contribution in [0.5, 0.6) is 0 Å². The SMILES string of the molecule is O=C(CCCc1ccccc1)Nc1ncc(-c2ccc(F)cc2)nc1C1CCCCC1. The molecule has 0 bridgehead atoms. The zero-order valence-electron chi connectivity index (χ0n) is 17.7. The highest BCUT2D eigenvalue weighted by molar-refractivity contribution is 5.90. The zero-order valence-corrected chi connectivity index (χ0v) is 17.7. The Kier molecular flexibility index (Phi) is 7.03. The highest BCUT2D eigenvalue weighted by Gasteiger charge is 2.23. The average Bonchev–Trinajstić information content (AvgIpc) is 2.81. The molecular weight excluding hydrogens is 389 g/mol. The second kappa shape index (κ2) is 10.3. The van der Waals surface area contributed by atoms with Crippen LogP contribution in [0.15, 0.2) is 60.8 Å². The van der Waals surface area contributed by atoms with Crippen molar-refractivity contribution in [3.05, 3.63) is 77.9 Å². The van der Waals surface area contributed by atoms with Crippen LogP contribution in [0.3, 0.4) is 0 Å². The van der Waals surface area contributed by atoms with Gasteiger partial charge in [-0.3, -0.25) is 4.79 Å². The van der Waals surface area contributed by atoms with Gasteiger partial charge in [-0.25, -0.2) is 14.4 Å². The molecule has 160 valence electrons. The van der Waals surface area contributed by atoms with E-state index in [2.05, 4.69) is 22.4 Å². The molecule has 1 saturated carbocycles. The third-order valence-electron chi connectivity index (χ3n) is 5.90. The summed E-state index contributed by atoms with van der Waals surface area (Å²) in [5.41, 5.74) is 3.63. The summed E-state index contributed by atoms with van der Waals surface area (Å²) in [6.07, 6.45) is 9.45. The van der Waals surface area contributed by atoms with Crippen molar-refractivity contribution in [1.82, 2.24) is 9.97 Å². The van der Waals surface area contributed by atoms with Crippen molar-refractivity contribution in [3.63, 3.8) is 0 Å². The molecule has 1 amide bonds. The number of carbonyl (C=O) groups is 1. The van der Waals surface area contributed by atoms with E-state index in [9.17, 15) is 9.18 Å². The molecule has 1 N–H and O–H groups in total. The second-order valence-electron chi connectivity index (χ2n) is 8.22. The van der Waals surface area contributed by atoms with Gasteiger partial charge in [-0.2, -0.15) is 0 Å². The molecule has 0 atom stereocenters. The number of hydrogen-bond donors (Lipinski definition) is 1. The van der Waals surface area contributed by atoms with Crippen LogP contribution in [0.1, 0.15) is 62.1 Å². The van der Waals surface area contributed by atoms with E-state index in [-0.39, 0.29) is 11.7 Å². The number of hydrogen-bond acceptors (Lipinski definition) is 3. The molecule has 2 aromatic carbocycles. The fraction of sp³-hybridized carbons (Fsp3) is 0.346. The lowest BCUT2D eigenvalue weighted by molar-refractivity contribution is -0.116. The first kappa shape index (κ1) is 21.2. The van der Waals surface area contributed by atoms with Crippen LogP contribution in [0.2, 0.25) is 0 Å². The smallest absolute Gasteiger partial charge is 0.225 e. The van der Waals surface area contributed by atoms with Crippen LogP contribution in [0, 0.1) is 5.82 Å². The van der Waals surface area contributed by atoms with E-state index in [1.165, 1.54) is 24.1 Å². The van der Waals surface area contributed by atoms with Gasteiger partial charge in [0, 0.05) is 17.9 Å². The number of amides is 1. The van der Waals surface area contributed by atoms with Gasteiger partial charge in [0.05, 0.1) is 17.6 Å². The van der Waals surface area contributed by atoms with E-state index >= 15 is 0 Å². The summed E-state index contributed by atoms with van der Waals surface area (Å²) in [5, 5.41) is 3.01. The summed E-state index contributed by atoms with van der Waals surface area (Å²) >= 11 is 0. The first-order valence-electron chi connectivity index (χ1n) is 11.2. The Labute approximate surface area is 183 Å². The summed E-state index contributed by atoms with van der Waals surface area (Å²) in [6.45, 7) is 0. The van der Waals surface area contributed by atoms with E-state index < -0.39 is 0 Å². The third kappa shape index (κ3) is 5.75. The molecule has 3 aromatic rings. The number of nitrogens with zero attached hydrogens (tertiary/aromatic N) is 2. The maximum Gasteiger partial charge on any atom is 0.225 e. The molecule has 4 rings (SSSR count). The molecule has 5 heteroatoms. The highest BCUT2D eigenvalue weighted by atomic mass is 19.1. The number of carbonyl (C=O) groups excluding carboxylic acids is 1. The van der Waals surface area contributed by atoms with Crippen LogP contribution in [-0.4, -0.2) is 15.9 Å². The van der Waals surface area contributed by atoms with Crippen molar-refractivity contribution < 1.29 is 9.18 Å². The molecular formula is C26H28FN3O. The minimum Gasteiger partial charge on any atom is -0.309 e. The fourth-order valence-electron chi connectivity index (χ4n) is 4.21. The standard InChI is InChI=1S/C26H28FN3O/c27-22-16-14-20(15-17-22)23-18-28-26(25(29-23)21-11-5-2-6-12-21)30-24(31)13-7-10-19-8-3-1-4-9-19/h1,3-4,8-9,14-18,21H,2,5-7,10-13H2,(H,28,30,31). The Morgan fingerprint density at radius 2 is 1.74 bits per heavy atom. The van der Waals surface area contributed by atoms with Crippen molar-refractivity contribution in [2.45, 2.75) is 57.3 Å². The normalized spacial score (nSPS) is 14.4. The van der Waals surface area contributed by atoms with Crippen molar-refractivity contribution in [2.24, 2.45) is 0 Å². The van der Waals surface area contributed by atoms with Crippen molar-refractivity contribution in [2.75, 3.05) is 5.32 Å². The molecule has 0 radical (unpaired) electrons. The quantitative estimate of drug-likeness (QED) is 0.491. The molecule has 4 nitrogen and oxygen atoms in total. The lowest BCUT2D eigenvalue weighted by atomic mass is 9.86. The number of rotatable bonds is 7. The maximum atomic E-state index is 13.3. The Bertz CT molecular complexity index is 999. The van der Waals surface area contributed by atoms with Gasteiger partial charge in [0.15, 0.2) is 5.82 Å².